The minimum absolute atomic E-state index is 0.0680. The highest BCUT2D eigenvalue weighted by atomic mass is 31.2. The summed E-state index contributed by atoms with van der Waals surface area (Å²) in [7, 11) is -3.08. The van der Waals surface area contributed by atoms with Gasteiger partial charge in [0.2, 0.25) is 5.95 Å². The van der Waals surface area contributed by atoms with Crippen LogP contribution in [-0.2, 0) is 39.6 Å². The molecule has 2 aromatic heterocycles. The first-order valence-corrected chi connectivity index (χ1v) is 12.0. The van der Waals surface area contributed by atoms with E-state index in [1.54, 1.807) is 34.6 Å². The number of hydrogen-bond donors (Lipinski definition) is 3. The van der Waals surface area contributed by atoms with Gasteiger partial charge >= 0.3 is 19.9 Å². The van der Waals surface area contributed by atoms with Crippen LogP contribution in [0.1, 0.15) is 34.6 Å². The number of carbonyl (C=O) groups is 2. The molecule has 2 heterocycles. The molecule has 0 fully saturated rings. The fourth-order valence-electron chi connectivity index (χ4n) is 2.22. The molecule has 198 valence electrons. The highest BCUT2D eigenvalue weighted by Gasteiger charge is 2.26. The number of nitrogens with two attached hydrogens (primary N) is 1. The van der Waals surface area contributed by atoms with Gasteiger partial charge in [-0.1, -0.05) is 4.67 Å². The van der Waals surface area contributed by atoms with Crippen molar-refractivity contribution in [2.45, 2.75) is 59.5 Å². The lowest BCUT2D eigenvalue weighted by molar-refractivity contribution is -0.181. The van der Waals surface area contributed by atoms with Gasteiger partial charge in [0, 0.05) is 0 Å². The van der Waals surface area contributed by atoms with Crippen molar-refractivity contribution in [3.63, 3.8) is 0 Å². The fraction of sp³-hybridized carbons (Fsp3) is 0.611. The van der Waals surface area contributed by atoms with E-state index in [9.17, 15) is 23.8 Å². The van der Waals surface area contributed by atoms with E-state index < -0.39 is 44.0 Å². The van der Waals surface area contributed by atoms with Gasteiger partial charge in [-0.2, -0.15) is 4.98 Å². The third-order valence-electron chi connectivity index (χ3n) is 3.52. The van der Waals surface area contributed by atoms with Gasteiger partial charge in [-0.15, -0.1) is 0 Å². The SMILES string of the molecule is CC(C)OC(=O)OOP(=O)(O)COC(C)Cn1cnc2c(=O)[nH]c(N)nc21.COC(=O)OC(C)C. The third-order valence-corrected chi connectivity index (χ3v) is 4.30. The minimum Gasteiger partial charge on any atom is -0.438 e. The smallest absolute Gasteiger partial charge is 0.438 e. The topological polar surface area (TPSA) is 216 Å². The molecule has 2 aromatic rings. The summed E-state index contributed by atoms with van der Waals surface area (Å²) < 4.78 is 36.1. The number of rotatable bonds is 9. The summed E-state index contributed by atoms with van der Waals surface area (Å²) in [5.41, 5.74) is 5.37. The van der Waals surface area contributed by atoms with Gasteiger partial charge in [0.1, 0.15) is 0 Å². The van der Waals surface area contributed by atoms with Crippen LogP contribution < -0.4 is 11.3 Å². The summed E-state index contributed by atoms with van der Waals surface area (Å²) in [5, 5.41) is 0. The predicted octanol–water partition coefficient (Wildman–Crippen LogP) is 1.92. The maximum atomic E-state index is 11.8. The molecule has 2 atom stereocenters. The molecule has 0 saturated heterocycles. The Bertz CT molecular complexity index is 1080. The van der Waals surface area contributed by atoms with Gasteiger partial charge in [0.25, 0.3) is 5.56 Å². The van der Waals surface area contributed by atoms with Crippen LogP contribution in [0.5, 0.6) is 0 Å². The van der Waals surface area contributed by atoms with Crippen molar-refractivity contribution in [3.05, 3.63) is 16.7 Å². The lowest BCUT2D eigenvalue weighted by Gasteiger charge is -2.16. The number of anilines is 1. The number of hydrogen-bond acceptors (Lipinski definition) is 13. The third kappa shape index (κ3) is 11.2. The van der Waals surface area contributed by atoms with Crippen LogP contribution >= 0.6 is 7.60 Å². The van der Waals surface area contributed by atoms with Crippen LogP contribution in [0.25, 0.3) is 11.2 Å². The minimum atomic E-state index is -4.36. The van der Waals surface area contributed by atoms with Gasteiger partial charge < -0.3 is 34.1 Å². The Morgan fingerprint density at radius 2 is 1.77 bits per heavy atom. The first kappa shape index (κ1) is 29.8. The van der Waals surface area contributed by atoms with E-state index in [2.05, 4.69) is 38.7 Å². The van der Waals surface area contributed by atoms with Crippen molar-refractivity contribution in [3.8, 4) is 0 Å². The van der Waals surface area contributed by atoms with E-state index in [0.717, 1.165) is 0 Å². The van der Waals surface area contributed by atoms with Gasteiger partial charge in [0.05, 0.1) is 38.3 Å². The molecule has 0 bridgehead atoms. The Labute approximate surface area is 200 Å². The van der Waals surface area contributed by atoms with Gasteiger partial charge in [-0.3, -0.25) is 19.2 Å². The van der Waals surface area contributed by atoms with E-state index in [4.69, 9.17) is 10.5 Å². The zero-order valence-electron chi connectivity index (χ0n) is 20.1. The molecule has 0 saturated carbocycles. The van der Waals surface area contributed by atoms with Crippen LogP contribution in [0.15, 0.2) is 11.1 Å². The van der Waals surface area contributed by atoms with Crippen LogP contribution in [-0.4, -0.2) is 68.5 Å². The van der Waals surface area contributed by atoms with Gasteiger partial charge in [-0.25, -0.2) is 14.6 Å². The van der Waals surface area contributed by atoms with Crippen molar-refractivity contribution in [2.24, 2.45) is 0 Å². The molecule has 0 amide bonds. The summed E-state index contributed by atoms with van der Waals surface area (Å²) in [6.07, 6.45) is -2.42. The second-order valence-corrected chi connectivity index (χ2v) is 9.14. The van der Waals surface area contributed by atoms with Crippen LogP contribution in [0.3, 0.4) is 0 Å². The van der Waals surface area contributed by atoms with E-state index in [1.807, 2.05) is 0 Å². The maximum absolute atomic E-state index is 11.8. The number of H-pyrrole nitrogens is 1. The summed E-state index contributed by atoms with van der Waals surface area (Å²) >= 11 is 0. The van der Waals surface area contributed by atoms with E-state index in [1.165, 1.54) is 18.0 Å². The quantitative estimate of drug-likeness (QED) is 0.185. The van der Waals surface area contributed by atoms with Crippen molar-refractivity contribution >= 4 is 37.0 Å². The second kappa shape index (κ2) is 13.6. The number of carbonyl (C=O) groups excluding carboxylic acids is 2. The highest BCUT2D eigenvalue weighted by molar-refractivity contribution is 7.52. The molecular formula is C18H30N5O11P. The summed E-state index contributed by atoms with van der Waals surface area (Å²) in [6, 6.07) is 0. The molecule has 2 rings (SSSR count). The zero-order valence-corrected chi connectivity index (χ0v) is 21.0. The number of nitrogens with zero attached hydrogens (tertiary/aromatic N) is 3. The van der Waals surface area contributed by atoms with Crippen LogP contribution in [0, 0.1) is 0 Å². The van der Waals surface area contributed by atoms with E-state index in [0.29, 0.717) is 0 Å². The standard InChI is InChI=1S/C13H20N5O8P.C5H10O3/c1-7(2)24-13(20)25-26-27(21,22)6-23-8(3)4-18-5-15-9-10(18)16-12(14)17-11(9)19;1-4(2)8-5(6)7-3/h5,7-8H,4,6H2,1-3H3,(H,21,22)(H3,14,16,17,19);4H,1-3H3. The molecule has 2 unspecified atom stereocenters. The summed E-state index contributed by atoms with van der Waals surface area (Å²) in [6.45, 7) is 8.42. The lowest BCUT2D eigenvalue weighted by atomic mass is 10.4. The molecular weight excluding hydrogens is 493 g/mol. The first-order valence-electron chi connectivity index (χ1n) is 10.2. The lowest BCUT2D eigenvalue weighted by Crippen LogP contribution is -2.19. The number of aromatic amines is 1. The molecule has 16 nitrogen and oxygen atoms in total. The number of aromatic nitrogens is 4. The maximum Gasteiger partial charge on any atom is 0.541 e. The van der Waals surface area contributed by atoms with E-state index >= 15 is 0 Å². The average Bonchev–Trinajstić information content (AvgIpc) is 3.13. The molecule has 0 spiro atoms. The van der Waals surface area contributed by atoms with Crippen molar-refractivity contribution in [1.82, 2.24) is 19.5 Å². The Morgan fingerprint density at radius 3 is 2.31 bits per heavy atom. The Balaban J connectivity index is 0.000000658. The Hall–Kier alpha value is -3.20. The number of nitrogen functional groups attached to an aromatic ring is 1. The number of fused-ring (bicyclic) bond motifs is 1. The second-order valence-electron chi connectivity index (χ2n) is 7.46. The molecule has 17 heteroatoms. The van der Waals surface area contributed by atoms with Crippen molar-refractivity contribution in [2.75, 3.05) is 19.2 Å². The monoisotopic (exact) mass is 523 g/mol. The zero-order chi connectivity index (χ0) is 26.8. The Kier molecular flexibility index (Phi) is 11.6. The molecule has 4 N–H and O–H groups in total. The summed E-state index contributed by atoms with van der Waals surface area (Å²) in [4.78, 5) is 57.0. The number of ether oxygens (including phenoxy) is 4. The molecule has 0 radical (unpaired) electrons. The summed E-state index contributed by atoms with van der Waals surface area (Å²) in [5.74, 6) is -0.0680. The number of methoxy groups -OCH3 is 1. The predicted molar refractivity (Wildman–Crippen MR) is 120 cm³/mol. The van der Waals surface area contributed by atoms with Crippen molar-refractivity contribution < 1.29 is 47.6 Å². The van der Waals surface area contributed by atoms with Crippen molar-refractivity contribution in [1.29, 1.82) is 0 Å². The number of nitrogens with one attached hydrogen (secondary N) is 1. The molecule has 0 aliphatic rings. The van der Waals surface area contributed by atoms with Crippen LogP contribution in [0.2, 0.25) is 0 Å². The molecule has 35 heavy (non-hydrogen) atoms. The van der Waals surface area contributed by atoms with E-state index in [-0.39, 0.29) is 29.8 Å². The average molecular weight is 523 g/mol. The fourth-order valence-corrected chi connectivity index (χ4v) is 2.88. The van der Waals surface area contributed by atoms with Gasteiger partial charge in [0.15, 0.2) is 17.5 Å². The molecule has 0 aromatic carbocycles. The Morgan fingerprint density at radius 1 is 1.17 bits per heavy atom. The van der Waals surface area contributed by atoms with Crippen LogP contribution in [0.4, 0.5) is 15.5 Å². The first-order chi connectivity index (χ1) is 16.2. The number of imidazole rings is 1. The van der Waals surface area contributed by atoms with Gasteiger partial charge in [-0.05, 0) is 34.6 Å². The largest absolute Gasteiger partial charge is 0.541 e. The molecule has 0 aliphatic carbocycles. The highest BCUT2D eigenvalue weighted by Crippen LogP contribution is 2.42. The molecule has 0 aliphatic heterocycles. The normalized spacial score (nSPS) is 13.5.